The lowest BCUT2D eigenvalue weighted by Crippen LogP contribution is -2.57. The smallest absolute Gasteiger partial charge is 0.161 e. The Morgan fingerprint density at radius 1 is 0.684 bits per heavy atom. The van der Waals surface area contributed by atoms with Gasteiger partial charge in [0.2, 0.25) is 0 Å². The maximum Gasteiger partial charge on any atom is 0.161 e. The van der Waals surface area contributed by atoms with Gasteiger partial charge in [-0.05, 0) is 68.4 Å². The SMILES string of the molecule is c1ccc(N=C(N=P(N2CCOCC2)(N2CCOCC2)C23CC4CC(CC(C4)C2)C3)c2ccccc2)cc1. The Balaban J connectivity index is 1.48. The Hall–Kier alpha value is -1.82. The molecular formula is C31H41N4O2P. The maximum atomic E-state index is 6.11. The van der Waals surface area contributed by atoms with Gasteiger partial charge in [-0.2, -0.15) is 0 Å². The summed E-state index contributed by atoms with van der Waals surface area (Å²) in [5, 5.41) is 0.239. The van der Waals surface area contributed by atoms with Crippen molar-refractivity contribution in [1.82, 2.24) is 9.34 Å². The summed E-state index contributed by atoms with van der Waals surface area (Å²) in [5.74, 6) is 3.50. The molecule has 6 nitrogen and oxygen atoms in total. The fraction of sp³-hybridized carbons (Fsp3) is 0.581. The van der Waals surface area contributed by atoms with Crippen LogP contribution in [0.3, 0.4) is 0 Å². The third-order valence-electron chi connectivity index (χ3n) is 9.66. The number of para-hydroxylation sites is 1. The van der Waals surface area contributed by atoms with E-state index in [2.05, 4.69) is 70.0 Å². The standard InChI is InChI=1S/C31H41N4O2P/c1-3-7-28(8-4-1)30(32-29-9-5-2-6-10-29)33-38(34-11-15-36-16-12-34,35-13-17-37-18-14-35)31-22-25-19-26(23-31)21-27(20-25)24-31/h1-10,25-27H,11-24H2. The summed E-state index contributed by atoms with van der Waals surface area (Å²) in [4.78, 5) is 5.29. The maximum absolute atomic E-state index is 6.11. The fourth-order valence-corrected chi connectivity index (χ4v) is 14.0. The highest BCUT2D eigenvalue weighted by Gasteiger charge is 2.61. The van der Waals surface area contributed by atoms with Gasteiger partial charge in [-0.25, -0.2) is 9.74 Å². The highest BCUT2D eigenvalue weighted by Crippen LogP contribution is 2.77. The predicted molar refractivity (Wildman–Crippen MR) is 154 cm³/mol. The molecular weight excluding hydrogens is 491 g/mol. The second-order valence-corrected chi connectivity index (χ2v) is 15.5. The van der Waals surface area contributed by atoms with Gasteiger partial charge in [-0.3, -0.25) is 9.34 Å². The van der Waals surface area contributed by atoms with Gasteiger partial charge in [-0.1, -0.05) is 48.5 Å². The number of benzene rings is 2. The summed E-state index contributed by atoms with van der Waals surface area (Å²) in [6, 6.07) is 21.1. The molecule has 2 aromatic rings. The Labute approximate surface area is 227 Å². The van der Waals surface area contributed by atoms with Crippen molar-refractivity contribution in [3.8, 4) is 0 Å². The summed E-state index contributed by atoms with van der Waals surface area (Å²) >= 11 is 0. The monoisotopic (exact) mass is 532 g/mol. The van der Waals surface area contributed by atoms with Gasteiger partial charge >= 0.3 is 0 Å². The second kappa shape index (κ2) is 10.6. The van der Waals surface area contributed by atoms with E-state index in [-0.39, 0.29) is 5.16 Å². The first-order valence-electron chi connectivity index (χ1n) is 14.7. The highest BCUT2D eigenvalue weighted by atomic mass is 31.2. The number of hydrogen-bond acceptors (Lipinski definition) is 3. The number of aliphatic imine (C=N–C) groups is 1. The molecule has 0 spiro atoms. The zero-order valence-electron chi connectivity index (χ0n) is 22.5. The molecule has 2 saturated heterocycles. The van der Waals surface area contributed by atoms with Crippen molar-refractivity contribution >= 4 is 18.9 Å². The minimum Gasteiger partial charge on any atom is -0.379 e. The second-order valence-electron chi connectivity index (χ2n) is 12.1. The molecule has 2 heterocycles. The number of rotatable bonds is 5. The van der Waals surface area contributed by atoms with Crippen LogP contribution in [0.15, 0.2) is 70.4 Å². The van der Waals surface area contributed by atoms with Crippen molar-refractivity contribution < 1.29 is 9.47 Å². The molecule has 6 aliphatic rings. The molecule has 8 rings (SSSR count). The van der Waals surface area contributed by atoms with Crippen LogP contribution in [-0.2, 0) is 9.47 Å². The van der Waals surface area contributed by atoms with Gasteiger partial charge < -0.3 is 9.47 Å². The topological polar surface area (TPSA) is 49.7 Å². The van der Waals surface area contributed by atoms with Crippen molar-refractivity contribution in [3.05, 3.63) is 66.2 Å². The molecule has 0 atom stereocenters. The van der Waals surface area contributed by atoms with Crippen LogP contribution in [-0.4, -0.2) is 72.9 Å². The molecule has 0 aromatic heterocycles. The zero-order chi connectivity index (χ0) is 25.4. The first-order chi connectivity index (χ1) is 18.7. The molecule has 4 bridgehead atoms. The highest BCUT2D eigenvalue weighted by molar-refractivity contribution is 7.63. The van der Waals surface area contributed by atoms with Crippen LogP contribution in [0.25, 0.3) is 0 Å². The Bertz CT molecular complexity index is 1130. The minimum atomic E-state index is -2.20. The summed E-state index contributed by atoms with van der Waals surface area (Å²) in [7, 11) is -2.20. The lowest BCUT2D eigenvalue weighted by atomic mass is 9.56. The number of morpholine rings is 2. The molecule has 0 amide bonds. The Morgan fingerprint density at radius 2 is 1.16 bits per heavy atom. The number of amidine groups is 1. The normalized spacial score (nSPS) is 32.4. The largest absolute Gasteiger partial charge is 0.379 e. The number of ether oxygens (including phenoxy) is 2. The Morgan fingerprint density at radius 3 is 1.66 bits per heavy atom. The number of hydrogen-bond donors (Lipinski definition) is 0. The van der Waals surface area contributed by atoms with Crippen LogP contribution >= 0.6 is 7.36 Å². The quantitative estimate of drug-likeness (QED) is 0.253. The van der Waals surface area contributed by atoms with Gasteiger partial charge in [-0.15, -0.1) is 0 Å². The predicted octanol–water partition coefficient (Wildman–Crippen LogP) is 6.43. The van der Waals surface area contributed by atoms with Crippen molar-refractivity contribution in [1.29, 1.82) is 0 Å². The van der Waals surface area contributed by atoms with E-state index >= 15 is 0 Å². The molecule has 202 valence electrons. The zero-order valence-corrected chi connectivity index (χ0v) is 23.4. The molecule has 2 aliphatic heterocycles. The average molecular weight is 533 g/mol. The first kappa shape index (κ1) is 25.2. The summed E-state index contributed by atoms with van der Waals surface area (Å²) in [5.41, 5.74) is 2.09. The first-order valence-corrected chi connectivity index (χ1v) is 16.4. The van der Waals surface area contributed by atoms with E-state index < -0.39 is 7.36 Å². The van der Waals surface area contributed by atoms with Crippen LogP contribution in [0.1, 0.15) is 44.1 Å². The van der Waals surface area contributed by atoms with Gasteiger partial charge in [0.15, 0.2) is 5.84 Å². The van der Waals surface area contributed by atoms with Gasteiger partial charge in [0.25, 0.3) is 0 Å². The van der Waals surface area contributed by atoms with E-state index in [0.29, 0.717) is 0 Å². The van der Waals surface area contributed by atoms with Crippen LogP contribution in [0, 0.1) is 17.8 Å². The van der Waals surface area contributed by atoms with Gasteiger partial charge in [0.1, 0.15) is 7.36 Å². The number of nitrogens with zero attached hydrogens (tertiary/aromatic N) is 4. The third kappa shape index (κ3) is 4.53. The minimum absolute atomic E-state index is 0.239. The van der Waals surface area contributed by atoms with Crippen molar-refractivity contribution in [3.63, 3.8) is 0 Å². The molecule has 4 aliphatic carbocycles. The van der Waals surface area contributed by atoms with E-state index in [0.717, 1.165) is 87.4 Å². The molecule has 0 unspecified atom stereocenters. The third-order valence-corrected chi connectivity index (χ3v) is 14.3. The molecule has 0 radical (unpaired) electrons. The van der Waals surface area contributed by atoms with E-state index in [1.807, 2.05) is 0 Å². The van der Waals surface area contributed by atoms with E-state index in [9.17, 15) is 0 Å². The molecule has 2 aromatic carbocycles. The van der Waals surface area contributed by atoms with Gasteiger partial charge in [0.05, 0.1) is 32.1 Å². The summed E-state index contributed by atoms with van der Waals surface area (Å²) in [6.07, 6.45) is 8.31. The van der Waals surface area contributed by atoms with Gasteiger partial charge in [0, 0.05) is 36.9 Å². The molecule has 0 N–H and O–H groups in total. The molecule has 38 heavy (non-hydrogen) atoms. The van der Waals surface area contributed by atoms with Crippen LogP contribution in [0.2, 0.25) is 0 Å². The van der Waals surface area contributed by atoms with Crippen LogP contribution < -0.4 is 0 Å². The Kier molecular flexibility index (Phi) is 7.04. The van der Waals surface area contributed by atoms with Crippen molar-refractivity contribution in [2.75, 3.05) is 52.6 Å². The van der Waals surface area contributed by atoms with Crippen LogP contribution in [0.4, 0.5) is 5.69 Å². The average Bonchev–Trinajstić information content (AvgIpc) is 2.96. The van der Waals surface area contributed by atoms with Crippen LogP contribution in [0.5, 0.6) is 0 Å². The van der Waals surface area contributed by atoms with Crippen molar-refractivity contribution in [2.45, 2.75) is 43.7 Å². The summed E-state index contributed by atoms with van der Waals surface area (Å²) in [6.45, 7) is 7.03. The molecule has 6 fully saturated rings. The molecule has 4 saturated carbocycles. The van der Waals surface area contributed by atoms with Crippen molar-refractivity contribution in [2.24, 2.45) is 27.5 Å². The molecule has 7 heteroatoms. The summed E-state index contributed by atoms with van der Waals surface area (Å²) < 4.78 is 23.6. The fourth-order valence-electron chi connectivity index (χ4n) is 8.60. The lowest BCUT2D eigenvalue weighted by Gasteiger charge is -2.65. The van der Waals surface area contributed by atoms with E-state index in [4.69, 9.17) is 19.2 Å². The van der Waals surface area contributed by atoms with E-state index in [1.165, 1.54) is 38.5 Å². The lowest BCUT2D eigenvalue weighted by molar-refractivity contribution is 0.0169. The van der Waals surface area contributed by atoms with E-state index in [1.54, 1.807) is 0 Å².